The summed E-state index contributed by atoms with van der Waals surface area (Å²) in [6, 6.07) is 13.7. The summed E-state index contributed by atoms with van der Waals surface area (Å²) in [6.45, 7) is 3.29. The lowest BCUT2D eigenvalue weighted by Crippen LogP contribution is -2.31. The van der Waals surface area contributed by atoms with E-state index in [1.165, 1.54) is 6.07 Å². The average molecular weight is 383 g/mol. The minimum Gasteiger partial charge on any atom is -0.494 e. The smallest absolute Gasteiger partial charge is 0.278 e. The van der Waals surface area contributed by atoms with Crippen molar-refractivity contribution in [3.63, 3.8) is 0 Å². The molecule has 2 aromatic carbocycles. The third kappa shape index (κ3) is 4.59. The van der Waals surface area contributed by atoms with Gasteiger partial charge in [0.15, 0.2) is 0 Å². The maximum absolute atomic E-state index is 12.2. The number of amides is 1. The molecule has 8 nitrogen and oxygen atoms in total. The van der Waals surface area contributed by atoms with Crippen LogP contribution in [-0.2, 0) is 11.3 Å². The van der Waals surface area contributed by atoms with Crippen LogP contribution in [0, 0.1) is 10.1 Å². The molecule has 0 atom stereocenters. The fourth-order valence-electron chi connectivity index (χ4n) is 2.87. The molecule has 1 N–H and O–H groups in total. The highest BCUT2D eigenvalue weighted by molar-refractivity contribution is 5.90. The topological polar surface area (TPSA) is 95.6 Å². The molecule has 1 amide bonds. The quantitative estimate of drug-likeness (QED) is 0.348. The number of nitrogens with one attached hydrogen (secondary N) is 1. The Morgan fingerprint density at radius 3 is 2.50 bits per heavy atom. The van der Waals surface area contributed by atoms with Gasteiger partial charge < -0.3 is 19.4 Å². The van der Waals surface area contributed by atoms with E-state index in [1.807, 2.05) is 31.2 Å². The summed E-state index contributed by atoms with van der Waals surface area (Å²) < 4.78 is 12.6. The van der Waals surface area contributed by atoms with E-state index in [2.05, 4.69) is 5.32 Å². The number of hydrogen-bond donors (Lipinski definition) is 1. The van der Waals surface area contributed by atoms with Crippen LogP contribution < -0.4 is 14.8 Å². The summed E-state index contributed by atoms with van der Waals surface area (Å²) in [5, 5.41) is 14.4. The number of carbonyl (C=O) groups excluding carboxylic acids is 1. The van der Waals surface area contributed by atoms with Crippen LogP contribution in [0.15, 0.2) is 54.7 Å². The molecular formula is C20H21N3O5. The maximum atomic E-state index is 12.2. The highest BCUT2D eigenvalue weighted by atomic mass is 16.6. The summed E-state index contributed by atoms with van der Waals surface area (Å²) in [6.07, 6.45) is 1.67. The molecule has 0 saturated carbocycles. The molecule has 0 saturated heterocycles. The Morgan fingerprint density at radius 2 is 1.82 bits per heavy atom. The first kappa shape index (κ1) is 19.2. The van der Waals surface area contributed by atoms with E-state index in [-0.39, 0.29) is 18.1 Å². The molecule has 3 rings (SSSR count). The van der Waals surface area contributed by atoms with Crippen molar-refractivity contribution in [2.75, 3.05) is 19.8 Å². The van der Waals surface area contributed by atoms with Crippen molar-refractivity contribution < 1.29 is 19.2 Å². The number of hydrogen-bond acceptors (Lipinski definition) is 5. The summed E-state index contributed by atoms with van der Waals surface area (Å²) in [5.74, 6) is 1.28. The summed E-state index contributed by atoms with van der Waals surface area (Å²) >= 11 is 0. The van der Waals surface area contributed by atoms with Crippen LogP contribution in [0.2, 0.25) is 0 Å². The number of nitrogens with zero attached hydrogens (tertiary/aromatic N) is 2. The van der Waals surface area contributed by atoms with Crippen molar-refractivity contribution in [2.24, 2.45) is 0 Å². The van der Waals surface area contributed by atoms with Crippen molar-refractivity contribution in [1.82, 2.24) is 9.88 Å². The van der Waals surface area contributed by atoms with E-state index in [0.29, 0.717) is 36.4 Å². The largest absolute Gasteiger partial charge is 0.494 e. The lowest BCUT2D eigenvalue weighted by Gasteiger charge is -2.10. The van der Waals surface area contributed by atoms with Crippen molar-refractivity contribution in [3.05, 3.63) is 64.8 Å². The number of benzene rings is 2. The first-order chi connectivity index (χ1) is 13.6. The number of nitro groups is 1. The van der Waals surface area contributed by atoms with Gasteiger partial charge in [0.05, 0.1) is 29.0 Å². The van der Waals surface area contributed by atoms with Crippen molar-refractivity contribution >= 4 is 22.5 Å². The number of non-ortho nitro benzene ring substituents is 1. The molecule has 0 unspecified atom stereocenters. The van der Waals surface area contributed by atoms with Gasteiger partial charge in [-0.2, -0.15) is 0 Å². The standard InChI is InChI=1S/C20H21N3O5/c1-2-27-15-6-8-16(9-7-15)28-13-11-21-20(24)14-22-12-10-17-18(22)4-3-5-19(17)23(25)26/h3-10,12H,2,11,13-14H2,1H3,(H,21,24). The van der Waals surface area contributed by atoms with Crippen LogP contribution in [0.3, 0.4) is 0 Å². The Kier molecular flexibility index (Phi) is 6.11. The van der Waals surface area contributed by atoms with Crippen LogP contribution in [0.25, 0.3) is 10.9 Å². The van der Waals surface area contributed by atoms with Gasteiger partial charge in [-0.1, -0.05) is 6.07 Å². The molecule has 0 aliphatic heterocycles. The lowest BCUT2D eigenvalue weighted by atomic mass is 10.2. The summed E-state index contributed by atoms with van der Waals surface area (Å²) in [4.78, 5) is 22.8. The maximum Gasteiger partial charge on any atom is 0.278 e. The van der Waals surface area contributed by atoms with Crippen LogP contribution in [0.5, 0.6) is 11.5 Å². The van der Waals surface area contributed by atoms with E-state index < -0.39 is 4.92 Å². The van der Waals surface area contributed by atoms with Gasteiger partial charge in [-0.05, 0) is 43.3 Å². The summed E-state index contributed by atoms with van der Waals surface area (Å²) in [7, 11) is 0. The zero-order valence-corrected chi connectivity index (χ0v) is 15.5. The van der Waals surface area contributed by atoms with Crippen LogP contribution >= 0.6 is 0 Å². The number of carbonyl (C=O) groups is 1. The molecule has 0 radical (unpaired) electrons. The van der Waals surface area contributed by atoms with Gasteiger partial charge in [-0.15, -0.1) is 0 Å². The zero-order valence-electron chi connectivity index (χ0n) is 15.5. The molecule has 1 heterocycles. The predicted octanol–water partition coefficient (Wildman–Crippen LogP) is 3.14. The second-order valence-electron chi connectivity index (χ2n) is 6.01. The van der Waals surface area contributed by atoms with Gasteiger partial charge in [0.1, 0.15) is 24.7 Å². The molecule has 0 aliphatic carbocycles. The third-order valence-corrected chi connectivity index (χ3v) is 4.13. The second-order valence-corrected chi connectivity index (χ2v) is 6.01. The van der Waals surface area contributed by atoms with Crippen LogP contribution in [-0.4, -0.2) is 35.2 Å². The van der Waals surface area contributed by atoms with Gasteiger partial charge in [0.25, 0.3) is 5.69 Å². The third-order valence-electron chi connectivity index (χ3n) is 4.13. The Bertz CT molecular complexity index is 966. The number of ether oxygens (including phenoxy) is 2. The van der Waals surface area contributed by atoms with Crippen molar-refractivity contribution in [2.45, 2.75) is 13.5 Å². The Balaban J connectivity index is 1.49. The predicted molar refractivity (Wildman–Crippen MR) is 105 cm³/mol. The van der Waals surface area contributed by atoms with E-state index in [0.717, 1.165) is 5.75 Å². The molecule has 0 bridgehead atoms. The SMILES string of the molecule is CCOc1ccc(OCCNC(=O)Cn2ccc3c([N+](=O)[O-])cccc32)cc1. The Labute approximate surface area is 161 Å². The second kappa shape index (κ2) is 8.90. The van der Waals surface area contributed by atoms with Crippen molar-refractivity contribution in [3.8, 4) is 11.5 Å². The fourth-order valence-corrected chi connectivity index (χ4v) is 2.87. The fraction of sp³-hybridized carbons (Fsp3) is 0.250. The number of aromatic nitrogens is 1. The molecule has 3 aromatic rings. The monoisotopic (exact) mass is 383 g/mol. The van der Waals surface area contributed by atoms with E-state index >= 15 is 0 Å². The van der Waals surface area contributed by atoms with Crippen LogP contribution in [0.1, 0.15) is 6.92 Å². The molecular weight excluding hydrogens is 362 g/mol. The molecule has 0 aliphatic rings. The highest BCUT2D eigenvalue weighted by Gasteiger charge is 2.14. The number of fused-ring (bicyclic) bond motifs is 1. The minimum atomic E-state index is -0.426. The van der Waals surface area contributed by atoms with E-state index in [1.54, 1.807) is 29.0 Å². The van der Waals surface area contributed by atoms with Crippen LogP contribution in [0.4, 0.5) is 5.69 Å². The van der Waals surface area contributed by atoms with Gasteiger partial charge in [-0.3, -0.25) is 14.9 Å². The number of rotatable bonds is 9. The van der Waals surface area contributed by atoms with Gasteiger partial charge in [0, 0.05) is 12.3 Å². The van der Waals surface area contributed by atoms with Crippen molar-refractivity contribution in [1.29, 1.82) is 0 Å². The Hall–Kier alpha value is -3.55. The van der Waals surface area contributed by atoms with E-state index in [9.17, 15) is 14.9 Å². The zero-order chi connectivity index (χ0) is 19.9. The first-order valence-corrected chi connectivity index (χ1v) is 8.93. The van der Waals surface area contributed by atoms with E-state index in [4.69, 9.17) is 9.47 Å². The molecule has 146 valence electrons. The first-order valence-electron chi connectivity index (χ1n) is 8.93. The molecule has 8 heteroatoms. The highest BCUT2D eigenvalue weighted by Crippen LogP contribution is 2.26. The summed E-state index contributed by atoms with van der Waals surface area (Å²) in [5.41, 5.74) is 0.676. The van der Waals surface area contributed by atoms with Gasteiger partial charge in [0.2, 0.25) is 5.91 Å². The van der Waals surface area contributed by atoms with Gasteiger partial charge in [-0.25, -0.2) is 0 Å². The lowest BCUT2D eigenvalue weighted by molar-refractivity contribution is -0.383. The molecule has 0 spiro atoms. The normalized spacial score (nSPS) is 10.6. The average Bonchev–Trinajstić information content (AvgIpc) is 3.09. The molecule has 28 heavy (non-hydrogen) atoms. The van der Waals surface area contributed by atoms with Gasteiger partial charge >= 0.3 is 0 Å². The molecule has 0 fully saturated rings. The Morgan fingerprint density at radius 1 is 1.11 bits per heavy atom. The number of nitro benzene ring substituents is 1. The molecule has 1 aromatic heterocycles. The minimum absolute atomic E-state index is 0.0282.